The van der Waals surface area contributed by atoms with E-state index in [1.54, 1.807) is 4.52 Å². The third-order valence-corrected chi connectivity index (χ3v) is 4.26. The van der Waals surface area contributed by atoms with Crippen LogP contribution in [-0.2, 0) is 27.3 Å². The zero-order valence-corrected chi connectivity index (χ0v) is 15.3. The summed E-state index contributed by atoms with van der Waals surface area (Å²) in [5.74, 6) is -0.223. The number of carbonyl (C=O) groups is 2. The summed E-state index contributed by atoms with van der Waals surface area (Å²) in [7, 11) is 0. The van der Waals surface area contributed by atoms with E-state index in [4.69, 9.17) is 4.74 Å². The standard InChI is InChI=1S/C19H21N5O3/c1-13-16(14(2)24-19(23-13)21-12-22-24)8-9-18(26)27-11-17(25)20-10-15-6-4-3-5-7-15/h3-7,12H,8-11H2,1-2H3,(H,20,25). The number of nitrogens with one attached hydrogen (secondary N) is 1. The molecule has 0 radical (unpaired) electrons. The minimum atomic E-state index is -0.428. The number of hydrogen-bond acceptors (Lipinski definition) is 6. The summed E-state index contributed by atoms with van der Waals surface area (Å²) < 4.78 is 6.70. The highest BCUT2D eigenvalue weighted by atomic mass is 16.5. The zero-order valence-electron chi connectivity index (χ0n) is 15.3. The second-order valence-corrected chi connectivity index (χ2v) is 6.16. The molecule has 2 heterocycles. The summed E-state index contributed by atoms with van der Waals surface area (Å²) in [6.07, 6.45) is 2.07. The van der Waals surface area contributed by atoms with Crippen molar-refractivity contribution < 1.29 is 14.3 Å². The van der Waals surface area contributed by atoms with E-state index >= 15 is 0 Å². The molecule has 0 atom stereocenters. The third-order valence-electron chi connectivity index (χ3n) is 4.26. The van der Waals surface area contributed by atoms with Gasteiger partial charge in [-0.3, -0.25) is 9.59 Å². The van der Waals surface area contributed by atoms with Crippen molar-refractivity contribution in [2.75, 3.05) is 6.61 Å². The second-order valence-electron chi connectivity index (χ2n) is 6.16. The molecular weight excluding hydrogens is 346 g/mol. The number of aromatic nitrogens is 4. The van der Waals surface area contributed by atoms with Gasteiger partial charge in [-0.15, -0.1) is 0 Å². The molecule has 0 spiro atoms. The van der Waals surface area contributed by atoms with Gasteiger partial charge in [0.2, 0.25) is 0 Å². The highest BCUT2D eigenvalue weighted by Crippen LogP contribution is 2.15. The first-order valence-electron chi connectivity index (χ1n) is 8.66. The molecule has 3 rings (SSSR count). The van der Waals surface area contributed by atoms with E-state index in [0.717, 1.165) is 22.5 Å². The molecule has 0 saturated heterocycles. The maximum absolute atomic E-state index is 12.0. The average molecular weight is 367 g/mol. The van der Waals surface area contributed by atoms with Gasteiger partial charge < -0.3 is 10.1 Å². The summed E-state index contributed by atoms with van der Waals surface area (Å²) in [5, 5.41) is 6.84. The quantitative estimate of drug-likeness (QED) is 0.636. The van der Waals surface area contributed by atoms with Crippen molar-refractivity contribution in [3.8, 4) is 0 Å². The number of ether oxygens (including phenoxy) is 1. The predicted octanol–water partition coefficient (Wildman–Crippen LogP) is 1.53. The van der Waals surface area contributed by atoms with E-state index in [1.165, 1.54) is 6.33 Å². The van der Waals surface area contributed by atoms with Crippen LogP contribution in [-0.4, -0.2) is 38.1 Å². The van der Waals surface area contributed by atoms with Gasteiger partial charge in [0, 0.05) is 24.4 Å². The number of nitrogens with zero attached hydrogens (tertiary/aromatic N) is 4. The van der Waals surface area contributed by atoms with Gasteiger partial charge in [-0.1, -0.05) is 30.3 Å². The molecule has 8 heteroatoms. The van der Waals surface area contributed by atoms with Crippen molar-refractivity contribution in [3.05, 3.63) is 59.2 Å². The molecule has 0 aliphatic carbocycles. The molecule has 1 amide bonds. The summed E-state index contributed by atoms with van der Waals surface area (Å²) in [6.45, 7) is 3.90. The molecule has 27 heavy (non-hydrogen) atoms. The van der Waals surface area contributed by atoms with Crippen LogP contribution in [0.1, 0.15) is 28.9 Å². The number of hydrogen-bond donors (Lipinski definition) is 1. The lowest BCUT2D eigenvalue weighted by Crippen LogP contribution is -2.28. The topological polar surface area (TPSA) is 98.5 Å². The lowest BCUT2D eigenvalue weighted by atomic mass is 10.1. The number of carbonyl (C=O) groups excluding carboxylic acids is 2. The Kier molecular flexibility index (Phi) is 5.75. The molecule has 140 valence electrons. The number of amides is 1. The molecule has 0 saturated carbocycles. The fourth-order valence-electron chi connectivity index (χ4n) is 2.81. The fourth-order valence-corrected chi connectivity index (χ4v) is 2.81. The van der Waals surface area contributed by atoms with Crippen molar-refractivity contribution in [1.82, 2.24) is 24.9 Å². The smallest absolute Gasteiger partial charge is 0.306 e. The van der Waals surface area contributed by atoms with Crippen molar-refractivity contribution in [1.29, 1.82) is 0 Å². The van der Waals surface area contributed by atoms with E-state index in [0.29, 0.717) is 18.7 Å². The highest BCUT2D eigenvalue weighted by Gasteiger charge is 2.14. The highest BCUT2D eigenvalue weighted by molar-refractivity contribution is 5.80. The van der Waals surface area contributed by atoms with Crippen LogP contribution in [0.5, 0.6) is 0 Å². The van der Waals surface area contributed by atoms with Gasteiger partial charge in [0.15, 0.2) is 6.61 Å². The van der Waals surface area contributed by atoms with E-state index in [-0.39, 0.29) is 18.9 Å². The van der Waals surface area contributed by atoms with Crippen LogP contribution in [0.25, 0.3) is 5.78 Å². The Morgan fingerprint density at radius 2 is 1.96 bits per heavy atom. The van der Waals surface area contributed by atoms with Crippen LogP contribution >= 0.6 is 0 Å². The largest absolute Gasteiger partial charge is 0.456 e. The van der Waals surface area contributed by atoms with Gasteiger partial charge >= 0.3 is 5.97 Å². The van der Waals surface area contributed by atoms with Gasteiger partial charge in [0.25, 0.3) is 11.7 Å². The van der Waals surface area contributed by atoms with Gasteiger partial charge in [-0.05, 0) is 31.4 Å². The van der Waals surface area contributed by atoms with Crippen LogP contribution in [0.15, 0.2) is 36.7 Å². The van der Waals surface area contributed by atoms with Crippen molar-refractivity contribution in [2.24, 2.45) is 0 Å². The van der Waals surface area contributed by atoms with Crippen LogP contribution < -0.4 is 5.32 Å². The molecule has 0 aliphatic rings. The van der Waals surface area contributed by atoms with E-state index < -0.39 is 5.97 Å². The average Bonchev–Trinajstić information content (AvgIpc) is 3.14. The molecule has 0 aliphatic heterocycles. The van der Waals surface area contributed by atoms with Gasteiger partial charge in [-0.2, -0.15) is 10.1 Å². The molecule has 0 fully saturated rings. The predicted molar refractivity (Wildman–Crippen MR) is 97.8 cm³/mol. The van der Waals surface area contributed by atoms with E-state index in [9.17, 15) is 9.59 Å². The Bertz CT molecular complexity index is 953. The third kappa shape index (κ3) is 4.66. The summed E-state index contributed by atoms with van der Waals surface area (Å²) in [5.41, 5.74) is 3.61. The van der Waals surface area contributed by atoms with Crippen LogP contribution in [0.3, 0.4) is 0 Å². The molecule has 1 aromatic carbocycles. The molecule has 1 N–H and O–H groups in total. The molecule has 0 bridgehead atoms. The first kappa shape index (κ1) is 18.5. The Morgan fingerprint density at radius 3 is 2.74 bits per heavy atom. The van der Waals surface area contributed by atoms with E-state index in [1.807, 2.05) is 44.2 Å². The first-order chi connectivity index (χ1) is 13.0. The van der Waals surface area contributed by atoms with Crippen molar-refractivity contribution in [3.63, 3.8) is 0 Å². The van der Waals surface area contributed by atoms with Crippen molar-refractivity contribution >= 4 is 17.7 Å². The Labute approximate surface area is 156 Å². The van der Waals surface area contributed by atoms with Crippen LogP contribution in [0.2, 0.25) is 0 Å². The number of fused-ring (bicyclic) bond motifs is 1. The molecule has 2 aromatic heterocycles. The summed E-state index contributed by atoms with van der Waals surface area (Å²) in [6, 6.07) is 9.54. The Morgan fingerprint density at radius 1 is 1.19 bits per heavy atom. The van der Waals surface area contributed by atoms with Gasteiger partial charge in [0.05, 0.1) is 0 Å². The number of rotatable bonds is 7. The molecule has 0 unspecified atom stereocenters. The summed E-state index contributed by atoms with van der Waals surface area (Å²) in [4.78, 5) is 32.2. The number of benzene rings is 1. The Hall–Kier alpha value is -3.29. The van der Waals surface area contributed by atoms with Crippen molar-refractivity contribution in [2.45, 2.75) is 33.2 Å². The number of esters is 1. The first-order valence-corrected chi connectivity index (χ1v) is 8.66. The molecule has 3 aromatic rings. The monoisotopic (exact) mass is 367 g/mol. The minimum Gasteiger partial charge on any atom is -0.456 e. The maximum Gasteiger partial charge on any atom is 0.306 e. The lowest BCUT2D eigenvalue weighted by Gasteiger charge is -2.10. The van der Waals surface area contributed by atoms with Gasteiger partial charge in [-0.25, -0.2) is 9.50 Å². The molecular formula is C19H21N5O3. The van der Waals surface area contributed by atoms with Crippen LogP contribution in [0.4, 0.5) is 0 Å². The van der Waals surface area contributed by atoms with Gasteiger partial charge in [0.1, 0.15) is 6.33 Å². The minimum absolute atomic E-state index is 0.162. The zero-order chi connectivity index (χ0) is 19.2. The summed E-state index contributed by atoms with van der Waals surface area (Å²) >= 11 is 0. The lowest BCUT2D eigenvalue weighted by molar-refractivity contribution is -0.148. The maximum atomic E-state index is 12.0. The van der Waals surface area contributed by atoms with Crippen LogP contribution in [0, 0.1) is 13.8 Å². The molecule has 8 nitrogen and oxygen atoms in total. The normalized spacial score (nSPS) is 10.7. The van der Waals surface area contributed by atoms with E-state index in [2.05, 4.69) is 20.4 Å². The Balaban J connectivity index is 1.46. The fraction of sp³-hybridized carbons (Fsp3) is 0.316. The number of aryl methyl sites for hydroxylation is 2. The second kappa shape index (κ2) is 8.39. The SMILES string of the molecule is Cc1nc2ncnn2c(C)c1CCC(=O)OCC(=O)NCc1ccccc1.